The number of hydrogen-bond donors (Lipinski definition) is 1. The first-order chi connectivity index (χ1) is 12.7. The van der Waals surface area contributed by atoms with Crippen molar-refractivity contribution in [3.05, 3.63) is 103 Å². The molecule has 0 aliphatic heterocycles. The molecule has 4 rings (SSSR count). The van der Waals surface area contributed by atoms with E-state index in [0.717, 1.165) is 33.5 Å². The molecule has 0 amide bonds. The molecule has 0 bridgehead atoms. The summed E-state index contributed by atoms with van der Waals surface area (Å²) in [7, 11) is 0. The van der Waals surface area contributed by atoms with E-state index in [0.29, 0.717) is 6.42 Å². The van der Waals surface area contributed by atoms with E-state index in [1.54, 1.807) is 12.1 Å². The van der Waals surface area contributed by atoms with Gasteiger partial charge in [-0.15, -0.1) is 0 Å². The zero-order valence-corrected chi connectivity index (χ0v) is 14.3. The van der Waals surface area contributed by atoms with Crippen LogP contribution in [0.2, 0.25) is 0 Å². The summed E-state index contributed by atoms with van der Waals surface area (Å²) in [5.74, 6) is 1.40. The van der Waals surface area contributed by atoms with Crippen LogP contribution >= 0.6 is 0 Å². The smallest absolute Gasteiger partial charge is 0.127 e. The Morgan fingerprint density at radius 3 is 2.54 bits per heavy atom. The van der Waals surface area contributed by atoms with Gasteiger partial charge in [0.05, 0.1) is 0 Å². The number of para-hydroxylation sites is 1. The highest BCUT2D eigenvalue weighted by molar-refractivity contribution is 5.84. The van der Waals surface area contributed by atoms with Gasteiger partial charge in [0.2, 0.25) is 0 Å². The van der Waals surface area contributed by atoms with E-state index >= 15 is 0 Å². The predicted molar refractivity (Wildman–Crippen MR) is 103 cm³/mol. The molecular weight excluding hydrogens is 325 g/mol. The normalized spacial score (nSPS) is 12.2. The number of H-pyrrole nitrogens is 1. The number of hydrogen-bond acceptors (Lipinski definition) is 1. The molecule has 0 saturated carbocycles. The minimum atomic E-state index is -0.234. The highest BCUT2D eigenvalue weighted by atomic mass is 19.1. The van der Waals surface area contributed by atoms with E-state index in [1.807, 2.05) is 54.7 Å². The summed E-state index contributed by atoms with van der Waals surface area (Å²) in [4.78, 5) is 3.23. The van der Waals surface area contributed by atoms with Crippen molar-refractivity contribution in [3.63, 3.8) is 0 Å². The molecule has 129 valence electrons. The van der Waals surface area contributed by atoms with Gasteiger partial charge in [0.1, 0.15) is 17.3 Å². The van der Waals surface area contributed by atoms with E-state index in [-0.39, 0.29) is 11.7 Å². The van der Waals surface area contributed by atoms with Gasteiger partial charge < -0.3 is 9.72 Å². The van der Waals surface area contributed by atoms with Crippen LogP contribution < -0.4 is 4.74 Å². The van der Waals surface area contributed by atoms with Crippen LogP contribution in [0.25, 0.3) is 10.9 Å². The number of rotatable bonds is 5. The highest BCUT2D eigenvalue weighted by Gasteiger charge is 2.17. The average Bonchev–Trinajstić information content (AvgIpc) is 3.07. The molecule has 3 heteroatoms. The summed E-state index contributed by atoms with van der Waals surface area (Å²) < 4.78 is 19.7. The van der Waals surface area contributed by atoms with Crippen molar-refractivity contribution < 1.29 is 9.13 Å². The maximum Gasteiger partial charge on any atom is 0.127 e. The van der Waals surface area contributed by atoms with Gasteiger partial charge in [-0.25, -0.2) is 4.39 Å². The molecule has 1 unspecified atom stereocenters. The number of ether oxygens (including phenoxy) is 1. The van der Waals surface area contributed by atoms with Crippen molar-refractivity contribution >= 4 is 10.9 Å². The topological polar surface area (TPSA) is 25.0 Å². The second kappa shape index (κ2) is 7.04. The van der Waals surface area contributed by atoms with E-state index < -0.39 is 0 Å². The number of benzene rings is 3. The molecule has 4 aromatic rings. The van der Waals surface area contributed by atoms with Crippen LogP contribution in [0.3, 0.4) is 0 Å². The fraction of sp³-hybridized carbons (Fsp3) is 0.0870. The molecule has 1 radical (unpaired) electrons. The first-order valence-corrected chi connectivity index (χ1v) is 8.63. The van der Waals surface area contributed by atoms with E-state index in [4.69, 9.17) is 4.74 Å². The molecule has 2 nitrogen and oxygen atoms in total. The van der Waals surface area contributed by atoms with Gasteiger partial charge in [-0.05, 0) is 60.0 Å². The average molecular weight is 344 g/mol. The molecular formula is C23H19FNO. The third-order valence-corrected chi connectivity index (χ3v) is 4.58. The number of halogens is 1. The molecule has 1 aromatic heterocycles. The van der Waals surface area contributed by atoms with Gasteiger partial charge in [0.25, 0.3) is 0 Å². The maximum atomic E-state index is 13.7. The minimum Gasteiger partial charge on any atom is -0.457 e. The van der Waals surface area contributed by atoms with Crippen LogP contribution in [0.1, 0.15) is 23.5 Å². The fourth-order valence-electron chi connectivity index (χ4n) is 3.32. The number of nitrogens with one attached hydrogen (secondary N) is 1. The lowest BCUT2D eigenvalue weighted by Gasteiger charge is -2.16. The van der Waals surface area contributed by atoms with Crippen molar-refractivity contribution in [2.45, 2.75) is 12.3 Å². The summed E-state index contributed by atoms with van der Waals surface area (Å²) in [6, 6.07) is 22.5. The van der Waals surface area contributed by atoms with Crippen molar-refractivity contribution in [2.24, 2.45) is 0 Å². The lowest BCUT2D eigenvalue weighted by Crippen LogP contribution is -1.99. The van der Waals surface area contributed by atoms with Crippen molar-refractivity contribution in [3.8, 4) is 11.5 Å². The molecule has 0 spiro atoms. The van der Waals surface area contributed by atoms with Gasteiger partial charge in [-0.2, -0.15) is 0 Å². The molecule has 26 heavy (non-hydrogen) atoms. The van der Waals surface area contributed by atoms with Gasteiger partial charge >= 0.3 is 0 Å². The van der Waals surface area contributed by atoms with Gasteiger partial charge in [0, 0.05) is 23.0 Å². The fourth-order valence-corrected chi connectivity index (χ4v) is 3.32. The molecule has 0 fully saturated rings. The highest BCUT2D eigenvalue weighted by Crippen LogP contribution is 2.35. The van der Waals surface area contributed by atoms with Crippen LogP contribution in [-0.2, 0) is 0 Å². The van der Waals surface area contributed by atoms with E-state index in [1.165, 1.54) is 6.07 Å². The van der Waals surface area contributed by atoms with E-state index in [2.05, 4.69) is 18.0 Å². The second-order valence-electron chi connectivity index (χ2n) is 6.26. The maximum absolute atomic E-state index is 13.7. The summed E-state index contributed by atoms with van der Waals surface area (Å²) in [6.07, 6.45) is 2.61. The quantitative estimate of drug-likeness (QED) is 0.442. The van der Waals surface area contributed by atoms with Gasteiger partial charge in [-0.3, -0.25) is 0 Å². The number of aromatic amines is 1. The lowest BCUT2D eigenvalue weighted by atomic mass is 9.89. The Hall–Kier alpha value is -3.07. The van der Waals surface area contributed by atoms with Crippen LogP contribution in [0.5, 0.6) is 11.5 Å². The van der Waals surface area contributed by atoms with Crippen LogP contribution in [-0.4, -0.2) is 4.98 Å². The van der Waals surface area contributed by atoms with Crippen LogP contribution in [0.4, 0.5) is 4.39 Å². The molecule has 1 atom stereocenters. The van der Waals surface area contributed by atoms with Crippen molar-refractivity contribution in [2.75, 3.05) is 0 Å². The molecule has 0 aliphatic carbocycles. The number of aromatic nitrogens is 1. The van der Waals surface area contributed by atoms with E-state index in [9.17, 15) is 4.39 Å². The largest absolute Gasteiger partial charge is 0.457 e. The molecule has 0 saturated heterocycles. The van der Waals surface area contributed by atoms with Crippen LogP contribution in [0, 0.1) is 12.7 Å². The molecule has 3 aromatic carbocycles. The minimum absolute atomic E-state index is 0.0601. The molecule has 1 heterocycles. The Labute approximate surface area is 152 Å². The second-order valence-corrected chi connectivity index (χ2v) is 6.26. The summed E-state index contributed by atoms with van der Waals surface area (Å²) >= 11 is 0. The Balaban J connectivity index is 1.70. The van der Waals surface area contributed by atoms with Crippen molar-refractivity contribution in [1.82, 2.24) is 4.98 Å². The Morgan fingerprint density at radius 1 is 0.923 bits per heavy atom. The first kappa shape index (κ1) is 16.4. The van der Waals surface area contributed by atoms with Crippen molar-refractivity contribution in [1.29, 1.82) is 0 Å². The van der Waals surface area contributed by atoms with Gasteiger partial charge in [-0.1, -0.05) is 37.3 Å². The summed E-state index contributed by atoms with van der Waals surface area (Å²) in [5.41, 5.74) is 3.07. The third kappa shape index (κ3) is 3.21. The monoisotopic (exact) mass is 344 g/mol. The lowest BCUT2D eigenvalue weighted by molar-refractivity contribution is 0.481. The standard InChI is InChI=1S/C23H19FNO/c1-2-20(22-15-25-23-12-11-17(24)14-21(22)23)16-7-6-10-19(13-16)26-18-8-4-3-5-9-18/h3-15,20,25H,1-2H2. The first-order valence-electron chi connectivity index (χ1n) is 8.63. The summed E-state index contributed by atoms with van der Waals surface area (Å²) in [5, 5.41) is 0.896. The zero-order valence-electron chi connectivity index (χ0n) is 14.3. The molecule has 0 aliphatic rings. The van der Waals surface area contributed by atoms with Crippen LogP contribution in [0.15, 0.2) is 79.0 Å². The number of fused-ring (bicyclic) bond motifs is 1. The Kier molecular flexibility index (Phi) is 4.44. The third-order valence-electron chi connectivity index (χ3n) is 4.58. The predicted octanol–water partition coefficient (Wildman–Crippen LogP) is 6.46. The van der Waals surface area contributed by atoms with Gasteiger partial charge in [0.15, 0.2) is 0 Å². The Morgan fingerprint density at radius 2 is 1.73 bits per heavy atom. The zero-order chi connectivity index (χ0) is 17.9. The Bertz CT molecular complexity index is 1020. The SMILES string of the molecule is [CH2]CC(c1cccc(Oc2ccccc2)c1)c1c[nH]c2ccc(F)cc12. The molecule has 1 N–H and O–H groups in total. The summed E-state index contributed by atoms with van der Waals surface area (Å²) in [6.45, 7) is 4.11.